The molecule has 0 aliphatic heterocycles. The van der Waals surface area contributed by atoms with Gasteiger partial charge in [0.15, 0.2) is 0 Å². The Balaban J connectivity index is 2.55. The van der Waals surface area contributed by atoms with Crippen LogP contribution in [-0.2, 0) is 10.0 Å². The smallest absolute Gasteiger partial charge is 0.242 e. The van der Waals surface area contributed by atoms with E-state index >= 15 is 0 Å². The van der Waals surface area contributed by atoms with Gasteiger partial charge in [0.05, 0.1) is 0 Å². The highest BCUT2D eigenvalue weighted by atomic mass is 79.9. The number of anilines is 1. The van der Waals surface area contributed by atoms with Gasteiger partial charge in [-0.2, -0.15) is 11.8 Å². The molecular weight excluding hydrogens is 440 g/mol. The Hall–Kier alpha value is 0.240. The van der Waals surface area contributed by atoms with Gasteiger partial charge in [0.2, 0.25) is 10.0 Å². The predicted molar refractivity (Wildman–Crippen MR) is 98.3 cm³/mol. The van der Waals surface area contributed by atoms with Crippen LogP contribution in [0.15, 0.2) is 26.0 Å². The Morgan fingerprint density at radius 2 is 1.71 bits per heavy atom. The Morgan fingerprint density at radius 3 is 2.29 bits per heavy atom. The molecule has 4 nitrogen and oxygen atoms in total. The fourth-order valence-electron chi connectivity index (χ4n) is 1.84. The number of halogens is 2. The van der Waals surface area contributed by atoms with Crippen LogP contribution < -0.4 is 10.5 Å². The summed E-state index contributed by atoms with van der Waals surface area (Å²) in [5.74, 6) is 1.16. The van der Waals surface area contributed by atoms with Crippen LogP contribution >= 0.6 is 43.6 Å². The first-order valence-corrected chi connectivity index (χ1v) is 11.1. The van der Waals surface area contributed by atoms with E-state index in [0.717, 1.165) is 25.0 Å². The number of nitrogens with one attached hydrogen (secondary N) is 1. The molecule has 0 heterocycles. The van der Waals surface area contributed by atoms with Crippen LogP contribution in [0.5, 0.6) is 0 Å². The first-order valence-electron chi connectivity index (χ1n) is 6.61. The van der Waals surface area contributed by atoms with Gasteiger partial charge < -0.3 is 5.73 Å². The molecule has 0 atom stereocenters. The van der Waals surface area contributed by atoms with Crippen molar-refractivity contribution in [3.63, 3.8) is 0 Å². The standard InChI is InChI=1S/C13H20Br2N2O2S2/c1-20-7-5-3-2-4-6-17-21(18,19)13-11(14)8-10(16)9-12(13)15/h8-9,17H,2-7,16H2,1H3. The van der Waals surface area contributed by atoms with E-state index in [4.69, 9.17) is 5.73 Å². The van der Waals surface area contributed by atoms with E-state index in [1.54, 1.807) is 12.1 Å². The molecule has 0 amide bonds. The molecule has 120 valence electrons. The van der Waals surface area contributed by atoms with Crippen molar-refractivity contribution in [3.8, 4) is 0 Å². The van der Waals surface area contributed by atoms with Gasteiger partial charge in [-0.15, -0.1) is 0 Å². The molecular formula is C13H20Br2N2O2S2. The van der Waals surface area contributed by atoms with Gasteiger partial charge in [0, 0.05) is 21.2 Å². The molecule has 8 heteroatoms. The summed E-state index contributed by atoms with van der Waals surface area (Å²) in [6, 6.07) is 3.17. The number of sulfonamides is 1. The van der Waals surface area contributed by atoms with E-state index in [-0.39, 0.29) is 4.90 Å². The third kappa shape index (κ3) is 6.48. The molecule has 0 radical (unpaired) electrons. The molecule has 3 N–H and O–H groups in total. The monoisotopic (exact) mass is 458 g/mol. The Morgan fingerprint density at radius 1 is 1.14 bits per heavy atom. The largest absolute Gasteiger partial charge is 0.399 e. The quantitative estimate of drug-likeness (QED) is 0.432. The SMILES string of the molecule is CSCCCCCCNS(=O)(=O)c1c(Br)cc(N)cc1Br. The highest BCUT2D eigenvalue weighted by Crippen LogP contribution is 2.32. The zero-order chi connectivity index (χ0) is 15.9. The number of hydrogen-bond donors (Lipinski definition) is 2. The van der Waals surface area contributed by atoms with Crippen LogP contribution in [0.3, 0.4) is 0 Å². The van der Waals surface area contributed by atoms with Gasteiger partial charge in [0.1, 0.15) is 4.90 Å². The van der Waals surface area contributed by atoms with E-state index in [0.29, 0.717) is 21.2 Å². The van der Waals surface area contributed by atoms with Gasteiger partial charge in [-0.05, 0) is 68.8 Å². The molecule has 0 aliphatic rings. The van der Waals surface area contributed by atoms with Crippen molar-refractivity contribution in [1.82, 2.24) is 4.72 Å². The van der Waals surface area contributed by atoms with Crippen molar-refractivity contribution >= 4 is 59.3 Å². The average molecular weight is 460 g/mol. The fourth-order valence-corrected chi connectivity index (χ4v) is 6.02. The number of rotatable bonds is 9. The second kappa shape index (κ2) is 9.39. The van der Waals surface area contributed by atoms with Crippen molar-refractivity contribution in [2.75, 3.05) is 24.3 Å². The van der Waals surface area contributed by atoms with Crippen LogP contribution in [0.1, 0.15) is 25.7 Å². The van der Waals surface area contributed by atoms with E-state index in [1.807, 2.05) is 11.8 Å². The van der Waals surface area contributed by atoms with E-state index in [1.165, 1.54) is 6.42 Å². The zero-order valence-corrected chi connectivity index (χ0v) is 16.7. The molecule has 0 fully saturated rings. The van der Waals surface area contributed by atoms with Gasteiger partial charge in [-0.1, -0.05) is 12.8 Å². The lowest BCUT2D eigenvalue weighted by Crippen LogP contribution is -2.25. The lowest BCUT2D eigenvalue weighted by molar-refractivity contribution is 0.573. The third-order valence-electron chi connectivity index (χ3n) is 2.86. The minimum atomic E-state index is -3.54. The summed E-state index contributed by atoms with van der Waals surface area (Å²) in [6.07, 6.45) is 6.29. The fraction of sp³-hybridized carbons (Fsp3) is 0.538. The summed E-state index contributed by atoms with van der Waals surface area (Å²) in [7, 11) is -3.54. The second-order valence-electron chi connectivity index (χ2n) is 4.62. The maximum atomic E-state index is 12.3. The molecule has 0 saturated carbocycles. The third-order valence-corrected chi connectivity index (χ3v) is 6.89. The van der Waals surface area contributed by atoms with Gasteiger partial charge in [0.25, 0.3) is 0 Å². The highest BCUT2D eigenvalue weighted by Gasteiger charge is 2.21. The summed E-state index contributed by atoms with van der Waals surface area (Å²) in [4.78, 5) is 0.194. The maximum Gasteiger partial charge on any atom is 0.242 e. The highest BCUT2D eigenvalue weighted by molar-refractivity contribution is 9.11. The van der Waals surface area contributed by atoms with Crippen LogP contribution in [0, 0.1) is 0 Å². The number of benzene rings is 1. The Kier molecular flexibility index (Phi) is 8.63. The summed E-state index contributed by atoms with van der Waals surface area (Å²) in [6.45, 7) is 0.449. The number of thioether (sulfide) groups is 1. The molecule has 0 bridgehead atoms. The minimum Gasteiger partial charge on any atom is -0.399 e. The lowest BCUT2D eigenvalue weighted by atomic mass is 10.2. The molecule has 0 saturated heterocycles. The van der Waals surface area contributed by atoms with E-state index in [2.05, 4.69) is 42.8 Å². The molecule has 0 aliphatic carbocycles. The van der Waals surface area contributed by atoms with Gasteiger partial charge >= 0.3 is 0 Å². The van der Waals surface area contributed by atoms with Crippen LogP contribution in [0.2, 0.25) is 0 Å². The number of nitrogens with two attached hydrogens (primary N) is 1. The zero-order valence-electron chi connectivity index (χ0n) is 11.9. The summed E-state index contributed by atoms with van der Waals surface area (Å²) >= 11 is 8.35. The van der Waals surface area contributed by atoms with Crippen molar-refractivity contribution in [2.45, 2.75) is 30.6 Å². The lowest BCUT2D eigenvalue weighted by Gasteiger charge is -2.11. The topological polar surface area (TPSA) is 72.2 Å². The summed E-state index contributed by atoms with van der Waals surface area (Å²) in [5, 5.41) is 0. The number of unbranched alkanes of at least 4 members (excludes halogenated alkanes) is 3. The van der Waals surface area contributed by atoms with Crippen LogP contribution in [0.4, 0.5) is 5.69 Å². The first kappa shape index (κ1) is 19.3. The summed E-state index contributed by atoms with van der Waals surface area (Å²) in [5.41, 5.74) is 6.18. The number of hydrogen-bond acceptors (Lipinski definition) is 4. The maximum absolute atomic E-state index is 12.3. The Bertz CT molecular complexity index is 542. The summed E-state index contributed by atoms with van der Waals surface area (Å²) < 4.78 is 28.2. The van der Waals surface area contributed by atoms with Gasteiger partial charge in [-0.25, -0.2) is 13.1 Å². The van der Waals surface area contributed by atoms with Crippen LogP contribution in [-0.4, -0.2) is 27.0 Å². The van der Waals surface area contributed by atoms with E-state index in [9.17, 15) is 8.42 Å². The molecule has 0 unspecified atom stereocenters. The number of nitrogen functional groups attached to an aromatic ring is 1. The predicted octanol–water partition coefficient (Wildman–Crippen LogP) is 4.00. The molecule has 1 rings (SSSR count). The van der Waals surface area contributed by atoms with Crippen molar-refractivity contribution < 1.29 is 8.42 Å². The molecule has 21 heavy (non-hydrogen) atoms. The molecule has 1 aromatic rings. The molecule has 0 spiro atoms. The normalized spacial score (nSPS) is 11.8. The van der Waals surface area contributed by atoms with Gasteiger partial charge in [-0.3, -0.25) is 0 Å². The first-order chi connectivity index (χ1) is 9.88. The van der Waals surface area contributed by atoms with Crippen molar-refractivity contribution in [2.24, 2.45) is 0 Å². The second-order valence-corrected chi connectivity index (χ2v) is 9.02. The minimum absolute atomic E-state index is 0.194. The Labute approximate surface area is 147 Å². The van der Waals surface area contributed by atoms with Crippen LogP contribution in [0.25, 0.3) is 0 Å². The van der Waals surface area contributed by atoms with Crippen molar-refractivity contribution in [3.05, 3.63) is 21.1 Å². The van der Waals surface area contributed by atoms with E-state index < -0.39 is 10.0 Å². The average Bonchev–Trinajstić information content (AvgIpc) is 2.35. The van der Waals surface area contributed by atoms with Crippen molar-refractivity contribution in [1.29, 1.82) is 0 Å². The molecule has 1 aromatic carbocycles. The molecule has 0 aromatic heterocycles.